The second-order valence-electron chi connectivity index (χ2n) is 5.91. The van der Waals surface area contributed by atoms with Crippen molar-refractivity contribution in [2.24, 2.45) is 0 Å². The molecule has 0 bridgehead atoms. The molecule has 2 rings (SSSR count). The molecule has 3 nitrogen and oxygen atoms in total. The molecule has 5 heteroatoms. The van der Waals surface area contributed by atoms with Crippen LogP contribution in [-0.2, 0) is 11.3 Å². The molecule has 1 aliphatic heterocycles. The molecule has 1 aliphatic rings. The summed E-state index contributed by atoms with van der Waals surface area (Å²) in [5.41, 5.74) is 2.33. The Labute approximate surface area is 142 Å². The van der Waals surface area contributed by atoms with Gasteiger partial charge >= 0.3 is 0 Å². The maximum absolute atomic E-state index is 11.9. The van der Waals surface area contributed by atoms with Gasteiger partial charge in [-0.15, -0.1) is 0 Å². The van der Waals surface area contributed by atoms with Crippen LogP contribution in [0.3, 0.4) is 0 Å². The SMILES string of the molecule is CN(C)c1ccc(CNC(=O)CCCCC2CCSS2)cc1. The van der Waals surface area contributed by atoms with Crippen molar-refractivity contribution in [3.05, 3.63) is 29.8 Å². The van der Waals surface area contributed by atoms with Crippen LogP contribution in [0.2, 0.25) is 0 Å². The average Bonchev–Trinajstić information content (AvgIpc) is 3.03. The molecular formula is C17H26N2OS2. The number of nitrogens with zero attached hydrogens (tertiary/aromatic N) is 1. The lowest BCUT2D eigenvalue weighted by atomic mass is 10.1. The predicted molar refractivity (Wildman–Crippen MR) is 99.5 cm³/mol. The van der Waals surface area contributed by atoms with Crippen molar-refractivity contribution in [1.29, 1.82) is 0 Å². The van der Waals surface area contributed by atoms with Crippen LogP contribution in [0.5, 0.6) is 0 Å². The van der Waals surface area contributed by atoms with E-state index in [1.54, 1.807) is 0 Å². The van der Waals surface area contributed by atoms with Crippen LogP contribution in [-0.4, -0.2) is 31.0 Å². The molecule has 122 valence electrons. The Morgan fingerprint density at radius 1 is 1.27 bits per heavy atom. The van der Waals surface area contributed by atoms with E-state index in [1.807, 2.05) is 35.7 Å². The van der Waals surface area contributed by atoms with Gasteiger partial charge in [0.05, 0.1) is 0 Å². The molecule has 0 saturated carbocycles. The van der Waals surface area contributed by atoms with Crippen molar-refractivity contribution < 1.29 is 4.79 Å². The number of nitrogens with one attached hydrogen (secondary N) is 1. The van der Waals surface area contributed by atoms with Crippen molar-refractivity contribution in [3.8, 4) is 0 Å². The highest BCUT2D eigenvalue weighted by Gasteiger charge is 2.15. The second-order valence-corrected chi connectivity index (χ2v) is 8.70. The molecule has 1 fully saturated rings. The van der Waals surface area contributed by atoms with Crippen LogP contribution < -0.4 is 10.2 Å². The minimum absolute atomic E-state index is 0.171. The van der Waals surface area contributed by atoms with Gasteiger partial charge in [0.25, 0.3) is 0 Å². The molecule has 0 aromatic heterocycles. The van der Waals surface area contributed by atoms with Crippen LogP contribution >= 0.6 is 21.6 Å². The van der Waals surface area contributed by atoms with Crippen molar-refractivity contribution in [1.82, 2.24) is 5.32 Å². The first-order chi connectivity index (χ1) is 10.6. The number of rotatable bonds is 8. The highest BCUT2D eigenvalue weighted by molar-refractivity contribution is 8.77. The van der Waals surface area contributed by atoms with Gasteiger partial charge in [-0.25, -0.2) is 0 Å². The number of unbranched alkanes of at least 4 members (excludes halogenated alkanes) is 1. The summed E-state index contributed by atoms with van der Waals surface area (Å²) >= 11 is 0. The van der Waals surface area contributed by atoms with E-state index in [0.717, 1.165) is 17.2 Å². The van der Waals surface area contributed by atoms with Crippen molar-refractivity contribution in [3.63, 3.8) is 0 Å². The van der Waals surface area contributed by atoms with Gasteiger partial charge < -0.3 is 10.2 Å². The van der Waals surface area contributed by atoms with Gasteiger partial charge in [-0.3, -0.25) is 4.79 Å². The van der Waals surface area contributed by atoms with E-state index >= 15 is 0 Å². The quantitative estimate of drug-likeness (QED) is 0.572. The van der Waals surface area contributed by atoms with Crippen molar-refractivity contribution in [2.45, 2.75) is 43.9 Å². The van der Waals surface area contributed by atoms with E-state index in [1.165, 1.54) is 30.7 Å². The minimum Gasteiger partial charge on any atom is -0.378 e. The van der Waals surface area contributed by atoms with Crippen LogP contribution in [0.15, 0.2) is 24.3 Å². The summed E-state index contributed by atoms with van der Waals surface area (Å²) in [7, 11) is 8.07. The summed E-state index contributed by atoms with van der Waals surface area (Å²) in [5, 5.41) is 3.84. The molecule has 1 saturated heterocycles. The summed E-state index contributed by atoms with van der Waals surface area (Å²) in [6, 6.07) is 8.31. The number of anilines is 1. The van der Waals surface area contributed by atoms with Gasteiger partial charge in [0.15, 0.2) is 0 Å². The Balaban J connectivity index is 1.58. The number of hydrogen-bond donors (Lipinski definition) is 1. The first-order valence-corrected chi connectivity index (χ1v) is 10.3. The van der Waals surface area contributed by atoms with Crippen LogP contribution in [0, 0.1) is 0 Å². The molecular weight excluding hydrogens is 312 g/mol. The lowest BCUT2D eigenvalue weighted by Gasteiger charge is -2.13. The van der Waals surface area contributed by atoms with Gasteiger partial charge in [0.2, 0.25) is 5.91 Å². The second kappa shape index (κ2) is 9.36. The zero-order valence-electron chi connectivity index (χ0n) is 13.5. The number of carbonyl (C=O) groups excluding carboxylic acids is 1. The highest BCUT2D eigenvalue weighted by atomic mass is 33.1. The molecule has 0 radical (unpaired) electrons. The average molecular weight is 339 g/mol. The lowest BCUT2D eigenvalue weighted by Crippen LogP contribution is -2.22. The molecule has 1 unspecified atom stereocenters. The predicted octanol–water partition coefficient (Wildman–Crippen LogP) is 4.08. The van der Waals surface area contributed by atoms with Crippen LogP contribution in [0.1, 0.15) is 37.7 Å². The molecule has 1 aromatic carbocycles. The Morgan fingerprint density at radius 2 is 2.05 bits per heavy atom. The Bertz CT molecular complexity index is 456. The summed E-state index contributed by atoms with van der Waals surface area (Å²) in [6.45, 7) is 0.627. The van der Waals surface area contributed by atoms with Gasteiger partial charge in [0.1, 0.15) is 0 Å². The molecule has 0 aliphatic carbocycles. The summed E-state index contributed by atoms with van der Waals surface area (Å²) < 4.78 is 0. The van der Waals surface area contributed by atoms with Crippen LogP contribution in [0.4, 0.5) is 5.69 Å². The number of hydrogen-bond acceptors (Lipinski definition) is 4. The Hall–Kier alpha value is -0.810. The fourth-order valence-corrected chi connectivity index (χ4v) is 5.45. The number of amides is 1. The van der Waals surface area contributed by atoms with E-state index in [-0.39, 0.29) is 5.91 Å². The minimum atomic E-state index is 0.171. The normalized spacial score (nSPS) is 17.5. The summed E-state index contributed by atoms with van der Waals surface area (Å²) in [4.78, 5) is 13.9. The fraction of sp³-hybridized carbons (Fsp3) is 0.588. The summed E-state index contributed by atoms with van der Waals surface area (Å²) in [5.74, 6) is 1.47. The van der Waals surface area contributed by atoms with Gasteiger partial charge in [-0.2, -0.15) is 0 Å². The molecule has 0 spiro atoms. The van der Waals surface area contributed by atoms with E-state index in [0.29, 0.717) is 13.0 Å². The smallest absolute Gasteiger partial charge is 0.220 e. The third kappa shape index (κ3) is 6.13. The maximum Gasteiger partial charge on any atom is 0.220 e. The molecule has 1 amide bonds. The Kier molecular flexibility index (Phi) is 7.46. The zero-order chi connectivity index (χ0) is 15.8. The highest BCUT2D eigenvalue weighted by Crippen LogP contribution is 2.39. The topological polar surface area (TPSA) is 32.3 Å². The van der Waals surface area contributed by atoms with Gasteiger partial charge in [-0.05, 0) is 37.0 Å². The van der Waals surface area contributed by atoms with Crippen LogP contribution in [0.25, 0.3) is 0 Å². The van der Waals surface area contributed by atoms with E-state index in [4.69, 9.17) is 0 Å². The summed E-state index contributed by atoms with van der Waals surface area (Å²) in [6.07, 6.45) is 5.43. The van der Waals surface area contributed by atoms with E-state index < -0.39 is 0 Å². The van der Waals surface area contributed by atoms with E-state index in [9.17, 15) is 4.79 Å². The van der Waals surface area contributed by atoms with Crippen molar-refractivity contribution >= 4 is 33.2 Å². The zero-order valence-corrected chi connectivity index (χ0v) is 15.1. The van der Waals surface area contributed by atoms with E-state index in [2.05, 4.69) is 34.5 Å². The largest absolute Gasteiger partial charge is 0.378 e. The van der Waals surface area contributed by atoms with Crippen molar-refractivity contribution in [2.75, 3.05) is 24.7 Å². The molecule has 22 heavy (non-hydrogen) atoms. The lowest BCUT2D eigenvalue weighted by molar-refractivity contribution is -0.121. The number of carbonyl (C=O) groups is 1. The van der Waals surface area contributed by atoms with Gasteiger partial charge in [-0.1, -0.05) is 40.1 Å². The maximum atomic E-state index is 11.9. The fourth-order valence-electron chi connectivity index (χ4n) is 2.42. The standard InChI is InChI=1S/C17H26N2OS2/c1-19(2)15-9-7-14(8-10-15)13-18-17(20)6-4-3-5-16-11-12-21-22-16/h7-10,16H,3-6,11-13H2,1-2H3,(H,18,20). The molecule has 1 heterocycles. The molecule has 1 aromatic rings. The third-order valence-electron chi connectivity index (χ3n) is 3.85. The molecule has 1 atom stereocenters. The Morgan fingerprint density at radius 3 is 2.68 bits per heavy atom. The first kappa shape index (κ1) is 17.5. The monoisotopic (exact) mass is 338 g/mol. The first-order valence-electron chi connectivity index (χ1n) is 7.96. The third-order valence-corrected chi connectivity index (χ3v) is 6.86. The molecule has 1 N–H and O–H groups in total. The number of benzene rings is 1. The van der Waals surface area contributed by atoms with Gasteiger partial charge in [0, 0.05) is 43.8 Å².